The number of anilines is 6. The smallest absolute Gasteiger partial charge is 0.0546 e. The maximum absolute atomic E-state index is 2.57. The molecule has 2 nitrogen and oxygen atoms in total. The lowest BCUT2D eigenvalue weighted by atomic mass is 9.70. The lowest BCUT2D eigenvalue weighted by Crippen LogP contribution is -2.24. The molecule has 0 saturated heterocycles. The van der Waals surface area contributed by atoms with Crippen molar-refractivity contribution >= 4 is 66.4 Å². The van der Waals surface area contributed by atoms with Crippen molar-refractivity contribution in [2.24, 2.45) is 0 Å². The molecule has 0 N–H and O–H groups in total. The van der Waals surface area contributed by atoms with E-state index in [1.165, 1.54) is 82.6 Å². The van der Waals surface area contributed by atoms with Crippen molar-refractivity contribution in [3.8, 4) is 11.1 Å². The standard InChI is InChI=1S/C54H46N2/c1-35-30-36(2)50(37(3)31-35)45-34-49(56(41-22-14-8-15-23-41)42-24-16-9-17-25-42)46-33-47-51-38(28-29-54(47,4)5)32-48(44-27-26-43(45)52(46)53(44)51)55(39-18-10-6-11-19-39)40-20-12-7-13-21-40/h6-27,30-34H,28-29H2,1-5H3. The summed E-state index contributed by atoms with van der Waals surface area (Å²) in [5.41, 5.74) is 16.4. The molecule has 0 saturated carbocycles. The SMILES string of the molecule is Cc1cc(C)c(-c2cc(N(c3ccccc3)c3ccccc3)c3cc4c5c(cc(N(c6ccccc6)c6ccccc6)c6ccc2c3c65)CCC4(C)C)c(C)c1. The number of hydrogen-bond acceptors (Lipinski definition) is 2. The fourth-order valence-electron chi connectivity index (χ4n) is 9.80. The Morgan fingerprint density at radius 1 is 0.446 bits per heavy atom. The van der Waals surface area contributed by atoms with E-state index in [9.17, 15) is 0 Å². The number of para-hydroxylation sites is 4. The van der Waals surface area contributed by atoms with Crippen LogP contribution in [-0.4, -0.2) is 0 Å². The van der Waals surface area contributed by atoms with Gasteiger partial charge in [-0.2, -0.15) is 0 Å². The fourth-order valence-corrected chi connectivity index (χ4v) is 9.80. The van der Waals surface area contributed by atoms with Gasteiger partial charge in [-0.25, -0.2) is 0 Å². The average molecular weight is 723 g/mol. The summed E-state index contributed by atoms with van der Waals surface area (Å²) in [6, 6.07) is 60.7. The Labute approximate surface area is 330 Å². The quantitative estimate of drug-likeness (QED) is 0.151. The van der Waals surface area contributed by atoms with Gasteiger partial charge in [-0.15, -0.1) is 0 Å². The summed E-state index contributed by atoms with van der Waals surface area (Å²) < 4.78 is 0. The summed E-state index contributed by atoms with van der Waals surface area (Å²) in [6.07, 6.45) is 2.13. The molecule has 0 aromatic heterocycles. The highest BCUT2D eigenvalue weighted by atomic mass is 15.1. The van der Waals surface area contributed by atoms with Crippen LogP contribution in [0.4, 0.5) is 34.1 Å². The van der Waals surface area contributed by atoms with Gasteiger partial charge in [-0.05, 0) is 150 Å². The molecule has 0 aliphatic heterocycles. The second kappa shape index (κ2) is 13.1. The van der Waals surface area contributed by atoms with Crippen molar-refractivity contribution in [2.45, 2.75) is 52.9 Å². The second-order valence-corrected chi connectivity index (χ2v) is 16.4. The predicted octanol–water partition coefficient (Wildman–Crippen LogP) is 15.3. The summed E-state index contributed by atoms with van der Waals surface area (Å²) in [6.45, 7) is 11.7. The number of benzene rings is 9. The third kappa shape index (κ3) is 5.39. The summed E-state index contributed by atoms with van der Waals surface area (Å²) in [5, 5.41) is 8.02. The molecular weight excluding hydrogens is 677 g/mol. The van der Waals surface area contributed by atoms with Crippen LogP contribution < -0.4 is 9.80 Å². The molecule has 272 valence electrons. The van der Waals surface area contributed by atoms with Gasteiger partial charge in [-0.3, -0.25) is 0 Å². The van der Waals surface area contributed by atoms with Gasteiger partial charge in [0.05, 0.1) is 11.4 Å². The number of aryl methyl sites for hydroxylation is 4. The molecule has 10 rings (SSSR count). The van der Waals surface area contributed by atoms with Crippen LogP contribution in [0.5, 0.6) is 0 Å². The molecule has 0 fully saturated rings. The minimum absolute atomic E-state index is 0.00421. The van der Waals surface area contributed by atoms with E-state index in [0.717, 1.165) is 35.6 Å². The van der Waals surface area contributed by atoms with Crippen molar-refractivity contribution in [2.75, 3.05) is 9.80 Å². The molecule has 0 heterocycles. The summed E-state index contributed by atoms with van der Waals surface area (Å²) in [7, 11) is 0. The molecule has 56 heavy (non-hydrogen) atoms. The zero-order valence-corrected chi connectivity index (χ0v) is 32.9. The summed E-state index contributed by atoms with van der Waals surface area (Å²) in [5.74, 6) is 0. The highest BCUT2D eigenvalue weighted by Gasteiger charge is 2.34. The van der Waals surface area contributed by atoms with Crippen molar-refractivity contribution in [3.05, 3.63) is 192 Å². The fraction of sp³-hybridized carbons (Fsp3) is 0.148. The van der Waals surface area contributed by atoms with Crippen LogP contribution in [0.3, 0.4) is 0 Å². The molecule has 0 atom stereocenters. The van der Waals surface area contributed by atoms with E-state index in [1.807, 2.05) is 0 Å². The summed E-state index contributed by atoms with van der Waals surface area (Å²) >= 11 is 0. The molecule has 0 bridgehead atoms. The van der Waals surface area contributed by atoms with E-state index < -0.39 is 0 Å². The van der Waals surface area contributed by atoms with Crippen LogP contribution in [0.15, 0.2) is 164 Å². The van der Waals surface area contributed by atoms with Gasteiger partial charge >= 0.3 is 0 Å². The van der Waals surface area contributed by atoms with Gasteiger partial charge in [0.1, 0.15) is 0 Å². The van der Waals surface area contributed by atoms with Crippen LogP contribution in [0, 0.1) is 20.8 Å². The Morgan fingerprint density at radius 2 is 0.911 bits per heavy atom. The first-order valence-electron chi connectivity index (χ1n) is 20.0. The van der Waals surface area contributed by atoms with Crippen molar-refractivity contribution in [1.29, 1.82) is 0 Å². The Morgan fingerprint density at radius 3 is 1.41 bits per heavy atom. The maximum Gasteiger partial charge on any atom is 0.0546 e. The highest BCUT2D eigenvalue weighted by molar-refractivity contribution is 6.32. The van der Waals surface area contributed by atoms with E-state index in [4.69, 9.17) is 0 Å². The van der Waals surface area contributed by atoms with Crippen LogP contribution >= 0.6 is 0 Å². The Bertz CT molecular complexity index is 2790. The van der Waals surface area contributed by atoms with E-state index in [0.29, 0.717) is 0 Å². The van der Waals surface area contributed by atoms with Crippen LogP contribution in [0.1, 0.15) is 48.1 Å². The molecule has 0 unspecified atom stereocenters. The molecule has 2 heteroatoms. The average Bonchev–Trinajstić information content (AvgIpc) is 3.21. The molecular formula is C54H46N2. The first-order valence-corrected chi connectivity index (χ1v) is 20.0. The van der Waals surface area contributed by atoms with E-state index in [1.54, 1.807) is 0 Å². The predicted molar refractivity (Wildman–Crippen MR) is 241 cm³/mol. The van der Waals surface area contributed by atoms with Crippen LogP contribution in [-0.2, 0) is 11.8 Å². The second-order valence-electron chi connectivity index (χ2n) is 16.4. The Balaban J connectivity index is 1.42. The molecule has 1 aliphatic rings. The van der Waals surface area contributed by atoms with Crippen LogP contribution in [0.2, 0.25) is 0 Å². The molecule has 9 aromatic carbocycles. The van der Waals surface area contributed by atoms with Crippen molar-refractivity contribution < 1.29 is 0 Å². The van der Waals surface area contributed by atoms with E-state index in [-0.39, 0.29) is 5.41 Å². The number of hydrogen-bond donors (Lipinski definition) is 0. The molecule has 0 spiro atoms. The third-order valence-electron chi connectivity index (χ3n) is 12.3. The lowest BCUT2D eigenvalue weighted by molar-refractivity contribution is 0.475. The molecule has 0 amide bonds. The van der Waals surface area contributed by atoms with Gasteiger partial charge in [0.25, 0.3) is 0 Å². The van der Waals surface area contributed by atoms with E-state index >= 15 is 0 Å². The number of nitrogens with zero attached hydrogens (tertiary/aromatic N) is 2. The number of rotatable bonds is 7. The third-order valence-corrected chi connectivity index (χ3v) is 12.3. The molecule has 1 aliphatic carbocycles. The van der Waals surface area contributed by atoms with Gasteiger partial charge in [0.2, 0.25) is 0 Å². The lowest BCUT2D eigenvalue weighted by Gasteiger charge is -2.37. The first kappa shape index (κ1) is 34.1. The van der Waals surface area contributed by atoms with Crippen molar-refractivity contribution in [3.63, 3.8) is 0 Å². The van der Waals surface area contributed by atoms with Gasteiger partial charge in [-0.1, -0.05) is 116 Å². The minimum atomic E-state index is 0.00421. The largest absolute Gasteiger partial charge is 0.310 e. The maximum atomic E-state index is 2.57. The zero-order valence-electron chi connectivity index (χ0n) is 32.9. The highest BCUT2D eigenvalue weighted by Crippen LogP contribution is 2.55. The van der Waals surface area contributed by atoms with Gasteiger partial charge in [0, 0.05) is 44.3 Å². The molecule has 0 radical (unpaired) electrons. The molecule has 9 aromatic rings. The van der Waals surface area contributed by atoms with E-state index in [2.05, 4.69) is 208 Å². The Kier molecular flexibility index (Phi) is 8.01. The monoisotopic (exact) mass is 722 g/mol. The first-order chi connectivity index (χ1) is 27.3. The van der Waals surface area contributed by atoms with Crippen molar-refractivity contribution in [1.82, 2.24) is 0 Å². The zero-order chi connectivity index (χ0) is 38.1. The Hall–Kier alpha value is -6.38. The normalized spacial score (nSPS) is 13.4. The van der Waals surface area contributed by atoms with Gasteiger partial charge < -0.3 is 9.80 Å². The van der Waals surface area contributed by atoms with Crippen LogP contribution in [0.25, 0.3) is 43.4 Å². The summed E-state index contributed by atoms with van der Waals surface area (Å²) in [4.78, 5) is 4.96. The van der Waals surface area contributed by atoms with Gasteiger partial charge in [0.15, 0.2) is 0 Å². The topological polar surface area (TPSA) is 6.48 Å². The minimum Gasteiger partial charge on any atom is -0.310 e.